The van der Waals surface area contributed by atoms with Gasteiger partial charge < -0.3 is 20.1 Å². The molecule has 7 nitrogen and oxygen atoms in total. The van der Waals surface area contributed by atoms with Crippen LogP contribution in [-0.4, -0.2) is 18.9 Å². The monoisotopic (exact) mass is 463 g/mol. The fourth-order valence-electron chi connectivity index (χ4n) is 2.81. The van der Waals surface area contributed by atoms with Gasteiger partial charge in [-0.3, -0.25) is 9.59 Å². The van der Waals surface area contributed by atoms with E-state index < -0.39 is 5.41 Å². The summed E-state index contributed by atoms with van der Waals surface area (Å²) in [5.74, 6) is 1.12. The highest BCUT2D eigenvalue weighted by Crippen LogP contribution is 2.33. The van der Waals surface area contributed by atoms with Crippen LogP contribution in [0.15, 0.2) is 48.5 Å². The quantitative estimate of drug-likeness (QED) is 0.469. The maximum Gasteiger partial charge on any atom is 0.266 e. The van der Waals surface area contributed by atoms with E-state index in [0.29, 0.717) is 38.4 Å². The number of nitrogens with zero attached hydrogens (tertiary/aromatic N) is 1. The number of rotatable bonds is 6. The molecule has 0 saturated heterocycles. The molecule has 0 aliphatic carbocycles. The first-order valence-corrected chi connectivity index (χ1v) is 11.0. The van der Waals surface area contributed by atoms with Gasteiger partial charge in [-0.25, -0.2) is 0 Å². The Balaban J connectivity index is 1.68. The Morgan fingerprint density at radius 3 is 2.30 bits per heavy atom. The minimum absolute atomic E-state index is 0.106. The highest BCUT2D eigenvalue weighted by Gasteiger charge is 2.23. The zero-order valence-corrected chi connectivity index (χ0v) is 19.9. The summed E-state index contributed by atoms with van der Waals surface area (Å²) in [6.07, 6.45) is 0. The van der Waals surface area contributed by atoms with Crippen molar-refractivity contribution in [3.05, 3.63) is 64.5 Å². The third-order valence-electron chi connectivity index (χ3n) is 4.67. The van der Waals surface area contributed by atoms with E-state index in [9.17, 15) is 9.59 Å². The van der Waals surface area contributed by atoms with Crippen LogP contribution in [0, 0.1) is 23.7 Å². The molecule has 2 N–H and O–H groups in total. The van der Waals surface area contributed by atoms with Gasteiger partial charge in [-0.2, -0.15) is 5.26 Å². The van der Waals surface area contributed by atoms with Crippen molar-refractivity contribution in [2.45, 2.75) is 27.7 Å². The van der Waals surface area contributed by atoms with Crippen molar-refractivity contribution in [3.63, 3.8) is 0 Å². The second kappa shape index (κ2) is 9.76. The number of thiophene rings is 1. The molecule has 0 unspecified atom stereocenters. The number of hydrogen-bond acceptors (Lipinski definition) is 6. The van der Waals surface area contributed by atoms with Crippen LogP contribution >= 0.6 is 11.3 Å². The average molecular weight is 464 g/mol. The summed E-state index contributed by atoms with van der Waals surface area (Å²) in [5.41, 5.74) is 1.34. The number of nitrogens with one attached hydrogen (secondary N) is 2. The summed E-state index contributed by atoms with van der Waals surface area (Å²) < 4.78 is 11.1. The van der Waals surface area contributed by atoms with Gasteiger partial charge in [0.15, 0.2) is 11.5 Å². The van der Waals surface area contributed by atoms with Crippen molar-refractivity contribution in [2.24, 2.45) is 5.41 Å². The lowest BCUT2D eigenvalue weighted by atomic mass is 9.96. The number of carbonyl (C=O) groups excluding carboxylic acids is 2. The zero-order chi connectivity index (χ0) is 24.2. The number of hydrogen-bond donors (Lipinski definition) is 2. The number of benzene rings is 2. The molecular formula is C25H25N3O4S. The fourth-order valence-corrected chi connectivity index (χ4v) is 3.77. The zero-order valence-electron chi connectivity index (χ0n) is 19.1. The first-order chi connectivity index (χ1) is 15.6. The van der Waals surface area contributed by atoms with E-state index in [-0.39, 0.29) is 11.8 Å². The number of nitriles is 1. The molecule has 3 aromatic rings. The molecular weight excluding hydrogens is 438 g/mol. The molecule has 0 aliphatic heterocycles. The molecule has 2 aromatic carbocycles. The minimum Gasteiger partial charge on any atom is -0.493 e. The Hall–Kier alpha value is -3.83. The third-order valence-corrected chi connectivity index (χ3v) is 5.83. The van der Waals surface area contributed by atoms with Crippen LogP contribution in [0.3, 0.4) is 0 Å². The van der Waals surface area contributed by atoms with Crippen LogP contribution in [0.5, 0.6) is 17.2 Å². The van der Waals surface area contributed by atoms with Gasteiger partial charge in [-0.05, 0) is 55.0 Å². The van der Waals surface area contributed by atoms with Gasteiger partial charge >= 0.3 is 0 Å². The smallest absolute Gasteiger partial charge is 0.266 e. The maximum absolute atomic E-state index is 12.8. The van der Waals surface area contributed by atoms with Crippen molar-refractivity contribution in [1.82, 2.24) is 0 Å². The van der Waals surface area contributed by atoms with Crippen molar-refractivity contribution < 1.29 is 19.1 Å². The first kappa shape index (κ1) is 23.8. The van der Waals surface area contributed by atoms with Crippen LogP contribution in [0.1, 0.15) is 41.6 Å². The molecule has 0 atom stereocenters. The van der Waals surface area contributed by atoms with Crippen LogP contribution < -0.4 is 20.1 Å². The highest BCUT2D eigenvalue weighted by molar-refractivity contribution is 7.18. The second-order valence-electron chi connectivity index (χ2n) is 8.38. The number of ether oxygens (including phenoxy) is 2. The third kappa shape index (κ3) is 5.90. The molecule has 3 rings (SSSR count). The SMILES string of the molecule is COc1cc(C#N)ccc1Oc1ccc(NC(=O)c2sc(NC(=O)C(C)(C)C)cc2C)cc1. The molecule has 0 bridgehead atoms. The van der Waals surface area contributed by atoms with E-state index in [4.69, 9.17) is 14.7 Å². The number of anilines is 2. The summed E-state index contributed by atoms with van der Waals surface area (Å²) in [5, 5.41) is 15.4. The largest absolute Gasteiger partial charge is 0.493 e. The molecule has 0 radical (unpaired) electrons. The number of aryl methyl sites for hydroxylation is 1. The Bertz CT molecular complexity index is 1220. The van der Waals surface area contributed by atoms with Crippen molar-refractivity contribution >= 4 is 33.8 Å². The van der Waals surface area contributed by atoms with Crippen molar-refractivity contribution in [1.29, 1.82) is 5.26 Å². The van der Waals surface area contributed by atoms with E-state index >= 15 is 0 Å². The van der Waals surface area contributed by atoms with E-state index in [1.165, 1.54) is 18.4 Å². The molecule has 1 aromatic heterocycles. The van der Waals surface area contributed by atoms with Gasteiger partial charge in [0, 0.05) is 17.2 Å². The van der Waals surface area contributed by atoms with Gasteiger partial charge in [0.2, 0.25) is 5.91 Å². The molecule has 170 valence electrons. The van der Waals surface area contributed by atoms with Crippen molar-refractivity contribution in [3.8, 4) is 23.3 Å². The Labute approximate surface area is 197 Å². The van der Waals surface area contributed by atoms with E-state index in [0.717, 1.165) is 5.56 Å². The van der Waals surface area contributed by atoms with E-state index in [1.54, 1.807) is 48.5 Å². The van der Waals surface area contributed by atoms with Crippen molar-refractivity contribution in [2.75, 3.05) is 17.7 Å². The summed E-state index contributed by atoms with van der Waals surface area (Å²) in [6.45, 7) is 7.34. The van der Waals surface area contributed by atoms with Crippen LogP contribution in [0.4, 0.5) is 10.7 Å². The van der Waals surface area contributed by atoms with E-state index in [1.807, 2.05) is 27.7 Å². The van der Waals surface area contributed by atoms with Crippen LogP contribution in [0.2, 0.25) is 0 Å². The number of carbonyl (C=O) groups is 2. The van der Waals surface area contributed by atoms with Gasteiger partial charge in [0.05, 0.1) is 28.6 Å². The Kier molecular flexibility index (Phi) is 7.04. The normalized spacial score (nSPS) is 10.8. The molecule has 2 amide bonds. The van der Waals surface area contributed by atoms with Gasteiger partial charge in [-0.1, -0.05) is 20.8 Å². The molecule has 1 heterocycles. The molecule has 33 heavy (non-hydrogen) atoms. The summed E-state index contributed by atoms with van der Waals surface area (Å²) >= 11 is 1.24. The number of methoxy groups -OCH3 is 1. The maximum atomic E-state index is 12.8. The predicted molar refractivity (Wildman–Crippen MR) is 129 cm³/mol. The van der Waals surface area contributed by atoms with Crippen LogP contribution in [0.25, 0.3) is 0 Å². The Morgan fingerprint density at radius 1 is 1.00 bits per heavy atom. The fraction of sp³-hybridized carbons (Fsp3) is 0.240. The summed E-state index contributed by atoms with van der Waals surface area (Å²) in [6, 6.07) is 15.7. The molecule has 0 aliphatic rings. The topological polar surface area (TPSA) is 100 Å². The summed E-state index contributed by atoms with van der Waals surface area (Å²) in [4.78, 5) is 25.5. The first-order valence-electron chi connectivity index (χ1n) is 10.2. The van der Waals surface area contributed by atoms with Crippen LogP contribution in [-0.2, 0) is 4.79 Å². The molecule has 0 spiro atoms. The molecule has 0 fully saturated rings. The lowest BCUT2D eigenvalue weighted by Crippen LogP contribution is -2.27. The molecule has 0 saturated carbocycles. The van der Waals surface area contributed by atoms with Gasteiger partial charge in [-0.15, -0.1) is 11.3 Å². The van der Waals surface area contributed by atoms with Gasteiger partial charge in [0.1, 0.15) is 5.75 Å². The minimum atomic E-state index is -0.522. The Morgan fingerprint density at radius 2 is 1.70 bits per heavy atom. The summed E-state index contributed by atoms with van der Waals surface area (Å²) in [7, 11) is 1.51. The standard InChI is InChI=1S/C25H25N3O4S/c1-15-12-21(28-24(30)25(2,3)4)33-22(15)23(29)27-17-7-9-18(10-8-17)32-19-11-6-16(14-26)13-20(19)31-5/h6-13H,1-5H3,(H,27,29)(H,28,30). The van der Waals surface area contributed by atoms with Gasteiger partial charge in [0.25, 0.3) is 5.91 Å². The predicted octanol–water partition coefficient (Wildman–Crippen LogP) is 5.97. The number of amides is 2. The average Bonchev–Trinajstić information content (AvgIpc) is 3.14. The van der Waals surface area contributed by atoms with E-state index in [2.05, 4.69) is 16.7 Å². The lowest BCUT2D eigenvalue weighted by molar-refractivity contribution is -0.123. The second-order valence-corrected chi connectivity index (χ2v) is 9.44. The molecule has 8 heteroatoms. The highest BCUT2D eigenvalue weighted by atomic mass is 32.1. The lowest BCUT2D eigenvalue weighted by Gasteiger charge is -2.16.